The minimum absolute atomic E-state index is 0.599. The van der Waals surface area contributed by atoms with Crippen LogP contribution < -0.4 is 0 Å². The molecule has 1 aliphatic heterocycles. The van der Waals surface area contributed by atoms with Gasteiger partial charge in [-0.05, 0) is 24.0 Å². The molecule has 0 radical (unpaired) electrons. The predicted octanol–water partition coefficient (Wildman–Crippen LogP) is 0.641. The smallest absolute Gasteiger partial charge is 0.414 e. The Bertz CT molecular complexity index is 670. The SMILES string of the molecule is CSc1ccc(CN2CCN(S(C)(=O)=O)CC2)cc1.O=C(O)C(=O)O. The number of sulfonamides is 1. The lowest BCUT2D eigenvalue weighted by Crippen LogP contribution is -2.47. The highest BCUT2D eigenvalue weighted by atomic mass is 32.2. The van der Waals surface area contributed by atoms with Gasteiger partial charge in [-0.2, -0.15) is 4.31 Å². The number of rotatable bonds is 4. The van der Waals surface area contributed by atoms with E-state index < -0.39 is 22.0 Å². The van der Waals surface area contributed by atoms with Crippen molar-refractivity contribution in [3.05, 3.63) is 29.8 Å². The van der Waals surface area contributed by atoms with Crippen LogP contribution in [0.2, 0.25) is 0 Å². The molecule has 0 saturated carbocycles. The summed E-state index contributed by atoms with van der Waals surface area (Å²) in [5.74, 6) is -3.65. The zero-order chi connectivity index (χ0) is 19.0. The first-order valence-electron chi connectivity index (χ1n) is 7.40. The number of aliphatic carboxylic acids is 2. The first-order chi connectivity index (χ1) is 11.6. The van der Waals surface area contributed by atoms with Crippen LogP contribution in [0.25, 0.3) is 0 Å². The average molecular weight is 390 g/mol. The standard InChI is InChI=1S/C13H20N2O2S2.C2H2O4/c1-18-13-5-3-12(4-6-13)11-14-7-9-15(10-8-14)19(2,16)17;3-1(4)2(5)6/h3-6H,7-11H2,1-2H3;(H,3,4)(H,5,6). The van der Waals surface area contributed by atoms with Crippen LogP contribution in [0.3, 0.4) is 0 Å². The number of carboxylic acid groups (broad SMARTS) is 2. The lowest BCUT2D eigenvalue weighted by Gasteiger charge is -2.33. The summed E-state index contributed by atoms with van der Waals surface area (Å²) in [6.45, 7) is 3.70. The molecule has 2 rings (SSSR count). The summed E-state index contributed by atoms with van der Waals surface area (Å²) in [7, 11) is -3.03. The summed E-state index contributed by atoms with van der Waals surface area (Å²) in [6, 6.07) is 8.56. The molecule has 0 aliphatic carbocycles. The van der Waals surface area contributed by atoms with Crippen LogP contribution in [0, 0.1) is 0 Å². The van der Waals surface area contributed by atoms with Crippen molar-refractivity contribution < 1.29 is 28.2 Å². The topological polar surface area (TPSA) is 115 Å². The molecule has 10 heteroatoms. The van der Waals surface area contributed by atoms with E-state index in [1.807, 2.05) is 0 Å². The molecule has 1 fully saturated rings. The fourth-order valence-electron chi connectivity index (χ4n) is 2.21. The number of nitrogens with zero attached hydrogens (tertiary/aromatic N) is 2. The van der Waals surface area contributed by atoms with Crippen LogP contribution in [0.15, 0.2) is 29.2 Å². The maximum Gasteiger partial charge on any atom is 0.414 e. The third-order valence-corrected chi connectivity index (χ3v) is 5.60. The molecule has 8 nitrogen and oxygen atoms in total. The highest BCUT2D eigenvalue weighted by Crippen LogP contribution is 2.16. The van der Waals surface area contributed by atoms with Crippen molar-refractivity contribution in [1.82, 2.24) is 9.21 Å². The number of hydrogen-bond acceptors (Lipinski definition) is 6. The molecule has 2 N–H and O–H groups in total. The van der Waals surface area contributed by atoms with E-state index in [4.69, 9.17) is 19.8 Å². The van der Waals surface area contributed by atoms with Crippen molar-refractivity contribution in [1.29, 1.82) is 0 Å². The second-order valence-corrected chi connectivity index (χ2v) is 8.26. The number of benzene rings is 1. The van der Waals surface area contributed by atoms with Gasteiger partial charge in [-0.15, -0.1) is 11.8 Å². The van der Waals surface area contributed by atoms with Crippen molar-refractivity contribution in [2.45, 2.75) is 11.4 Å². The molecule has 0 aromatic heterocycles. The Labute approximate surface area is 151 Å². The van der Waals surface area contributed by atoms with E-state index in [0.29, 0.717) is 13.1 Å². The van der Waals surface area contributed by atoms with Gasteiger partial charge in [0.2, 0.25) is 10.0 Å². The van der Waals surface area contributed by atoms with Gasteiger partial charge in [0.05, 0.1) is 6.26 Å². The normalized spacial score (nSPS) is 15.9. The Hall–Kier alpha value is -1.62. The van der Waals surface area contributed by atoms with Gasteiger partial charge in [0.25, 0.3) is 0 Å². The highest BCUT2D eigenvalue weighted by Gasteiger charge is 2.23. The van der Waals surface area contributed by atoms with Crippen LogP contribution in [-0.2, 0) is 26.2 Å². The van der Waals surface area contributed by atoms with Crippen LogP contribution >= 0.6 is 11.8 Å². The molecule has 0 atom stereocenters. The van der Waals surface area contributed by atoms with E-state index in [1.54, 1.807) is 16.1 Å². The van der Waals surface area contributed by atoms with Gasteiger partial charge in [-0.1, -0.05) is 12.1 Å². The largest absolute Gasteiger partial charge is 0.473 e. The third-order valence-electron chi connectivity index (χ3n) is 3.55. The first kappa shape index (κ1) is 21.4. The highest BCUT2D eigenvalue weighted by molar-refractivity contribution is 7.98. The minimum atomic E-state index is -3.03. The molecule has 25 heavy (non-hydrogen) atoms. The Morgan fingerprint density at radius 1 is 1.04 bits per heavy atom. The molecule has 0 bridgehead atoms. The second-order valence-electron chi connectivity index (χ2n) is 5.40. The first-order valence-corrected chi connectivity index (χ1v) is 10.5. The molecule has 140 valence electrons. The monoisotopic (exact) mass is 390 g/mol. The molecule has 1 aromatic carbocycles. The summed E-state index contributed by atoms with van der Waals surface area (Å²) in [6.07, 6.45) is 3.35. The lowest BCUT2D eigenvalue weighted by molar-refractivity contribution is -0.159. The fourth-order valence-corrected chi connectivity index (χ4v) is 3.44. The molecule has 1 aromatic rings. The number of thioether (sulfide) groups is 1. The summed E-state index contributed by atoms with van der Waals surface area (Å²) >= 11 is 1.74. The van der Waals surface area contributed by atoms with Crippen LogP contribution in [0.4, 0.5) is 0 Å². The van der Waals surface area contributed by atoms with Gasteiger partial charge in [0, 0.05) is 37.6 Å². The fraction of sp³-hybridized carbons (Fsp3) is 0.467. The minimum Gasteiger partial charge on any atom is -0.473 e. The molecular formula is C15H22N2O6S2. The van der Waals surface area contributed by atoms with Crippen molar-refractivity contribution in [2.75, 3.05) is 38.7 Å². The summed E-state index contributed by atoms with van der Waals surface area (Å²) in [4.78, 5) is 21.8. The number of carboxylic acids is 2. The Morgan fingerprint density at radius 3 is 1.88 bits per heavy atom. The van der Waals surface area contributed by atoms with Crippen LogP contribution in [0.5, 0.6) is 0 Å². The van der Waals surface area contributed by atoms with Crippen LogP contribution in [0.1, 0.15) is 5.56 Å². The number of hydrogen-bond donors (Lipinski definition) is 2. The van der Waals surface area contributed by atoms with Crippen LogP contribution in [-0.4, -0.2) is 78.5 Å². The Balaban J connectivity index is 0.000000450. The summed E-state index contributed by atoms with van der Waals surface area (Å²) in [5, 5.41) is 14.8. The van der Waals surface area contributed by atoms with Gasteiger partial charge >= 0.3 is 11.9 Å². The number of piperazine rings is 1. The lowest BCUT2D eigenvalue weighted by atomic mass is 10.2. The van der Waals surface area contributed by atoms with Gasteiger partial charge < -0.3 is 10.2 Å². The maximum atomic E-state index is 11.4. The van der Waals surface area contributed by atoms with E-state index in [1.165, 1.54) is 16.7 Å². The molecule has 0 amide bonds. The summed E-state index contributed by atoms with van der Waals surface area (Å²) < 4.78 is 24.4. The Morgan fingerprint density at radius 2 is 1.52 bits per heavy atom. The quantitative estimate of drug-likeness (QED) is 0.569. The van der Waals surface area contributed by atoms with E-state index in [2.05, 4.69) is 35.4 Å². The third kappa shape index (κ3) is 7.86. The van der Waals surface area contributed by atoms with E-state index in [0.717, 1.165) is 19.6 Å². The average Bonchev–Trinajstić information content (AvgIpc) is 2.56. The molecule has 1 aliphatic rings. The Kier molecular flexibility index (Phi) is 8.36. The second kappa shape index (κ2) is 9.76. The predicted molar refractivity (Wildman–Crippen MR) is 95.2 cm³/mol. The molecule has 1 saturated heterocycles. The maximum absolute atomic E-state index is 11.4. The van der Waals surface area contributed by atoms with E-state index >= 15 is 0 Å². The molecule has 1 heterocycles. The summed E-state index contributed by atoms with van der Waals surface area (Å²) in [5.41, 5.74) is 1.28. The van der Waals surface area contributed by atoms with E-state index in [9.17, 15) is 8.42 Å². The van der Waals surface area contributed by atoms with Crippen molar-refractivity contribution >= 4 is 33.7 Å². The molecule has 0 unspecified atom stereocenters. The number of carbonyl (C=O) groups is 2. The molecule has 0 spiro atoms. The van der Waals surface area contributed by atoms with Crippen molar-refractivity contribution in [3.8, 4) is 0 Å². The van der Waals surface area contributed by atoms with Crippen molar-refractivity contribution in [3.63, 3.8) is 0 Å². The van der Waals surface area contributed by atoms with Gasteiger partial charge in [0.1, 0.15) is 0 Å². The van der Waals surface area contributed by atoms with Gasteiger partial charge in [0.15, 0.2) is 0 Å². The molecular weight excluding hydrogens is 368 g/mol. The zero-order valence-corrected chi connectivity index (χ0v) is 15.7. The van der Waals surface area contributed by atoms with E-state index in [-0.39, 0.29) is 0 Å². The van der Waals surface area contributed by atoms with Gasteiger partial charge in [-0.25, -0.2) is 18.0 Å². The van der Waals surface area contributed by atoms with Gasteiger partial charge in [-0.3, -0.25) is 4.90 Å². The van der Waals surface area contributed by atoms with Crippen molar-refractivity contribution in [2.24, 2.45) is 0 Å². The zero-order valence-electron chi connectivity index (χ0n) is 14.1.